The monoisotopic (exact) mass is 187 g/mol. The van der Waals surface area contributed by atoms with Gasteiger partial charge >= 0.3 is 0 Å². The molecule has 0 aliphatic rings. The van der Waals surface area contributed by atoms with Crippen LogP contribution in [0, 0.1) is 0 Å². The van der Waals surface area contributed by atoms with Crippen LogP contribution in [-0.4, -0.2) is 31.9 Å². The molecule has 0 aliphatic carbocycles. The Morgan fingerprint density at radius 2 is 2.17 bits per heavy atom. The van der Waals surface area contributed by atoms with Gasteiger partial charge in [0.15, 0.2) is 5.82 Å². The first-order valence-corrected chi connectivity index (χ1v) is 5.08. The average Bonchev–Trinajstić information content (AvgIpc) is 2.03. The van der Waals surface area contributed by atoms with E-state index in [1.165, 1.54) is 13.2 Å². The summed E-state index contributed by atoms with van der Waals surface area (Å²) in [5.74, 6) is 0.319. The summed E-state index contributed by atoms with van der Waals surface area (Å²) in [5, 5.41) is 7.21. The number of aromatic nitrogens is 2. The second-order valence-corrected chi connectivity index (χ2v) is 4.33. The van der Waals surface area contributed by atoms with Crippen molar-refractivity contribution in [2.45, 2.75) is 0 Å². The van der Waals surface area contributed by atoms with E-state index in [-0.39, 0.29) is 0 Å². The van der Waals surface area contributed by atoms with Crippen LogP contribution in [0.4, 0.5) is 5.82 Å². The lowest BCUT2D eigenvalue weighted by molar-refractivity contribution is 0.599. The minimum absolute atomic E-state index is 0.319. The highest BCUT2D eigenvalue weighted by molar-refractivity contribution is 7.92. The maximum absolute atomic E-state index is 11.0. The number of hydrogen-bond donors (Lipinski definition) is 0. The molecule has 0 bridgehead atoms. The second-order valence-electron chi connectivity index (χ2n) is 2.31. The number of sulfonamides is 1. The molecule has 66 valence electrons. The van der Waals surface area contributed by atoms with Gasteiger partial charge in [0.1, 0.15) is 0 Å². The molecule has 0 aliphatic heterocycles. The highest BCUT2D eigenvalue weighted by Gasteiger charge is 2.12. The van der Waals surface area contributed by atoms with Gasteiger partial charge in [0.05, 0.1) is 6.26 Å². The van der Waals surface area contributed by atoms with Gasteiger partial charge < -0.3 is 0 Å². The van der Waals surface area contributed by atoms with E-state index in [1.807, 2.05) is 0 Å². The maximum Gasteiger partial charge on any atom is 0.233 e. The van der Waals surface area contributed by atoms with Crippen molar-refractivity contribution >= 4 is 15.8 Å². The third-order valence-corrected chi connectivity index (χ3v) is 2.56. The first-order chi connectivity index (χ1) is 5.52. The molecule has 5 nitrogen and oxygen atoms in total. The molecule has 6 heteroatoms. The molecule has 0 fully saturated rings. The number of rotatable bonds is 2. The third-order valence-electron chi connectivity index (χ3n) is 1.38. The van der Waals surface area contributed by atoms with Crippen molar-refractivity contribution in [3.05, 3.63) is 18.3 Å². The number of hydrogen-bond acceptors (Lipinski definition) is 4. The minimum atomic E-state index is -3.23. The Bertz CT molecular complexity index is 348. The van der Waals surface area contributed by atoms with Crippen LogP contribution in [0.5, 0.6) is 0 Å². The Hall–Kier alpha value is -1.17. The molecule has 0 amide bonds. The van der Waals surface area contributed by atoms with Crippen molar-refractivity contribution in [3.63, 3.8) is 0 Å². The van der Waals surface area contributed by atoms with Gasteiger partial charge in [0.2, 0.25) is 10.0 Å². The highest BCUT2D eigenvalue weighted by atomic mass is 32.2. The lowest BCUT2D eigenvalue weighted by atomic mass is 10.5. The zero-order chi connectivity index (χ0) is 9.19. The van der Waals surface area contributed by atoms with Crippen LogP contribution in [0.25, 0.3) is 0 Å². The van der Waals surface area contributed by atoms with Crippen molar-refractivity contribution in [1.82, 2.24) is 10.2 Å². The average molecular weight is 187 g/mol. The van der Waals surface area contributed by atoms with E-state index in [2.05, 4.69) is 10.2 Å². The van der Waals surface area contributed by atoms with Gasteiger partial charge in [-0.1, -0.05) is 0 Å². The largest absolute Gasteiger partial charge is 0.256 e. The van der Waals surface area contributed by atoms with Gasteiger partial charge in [-0.25, -0.2) is 8.42 Å². The lowest BCUT2D eigenvalue weighted by Gasteiger charge is -2.13. The van der Waals surface area contributed by atoms with Gasteiger partial charge in [0.25, 0.3) is 0 Å². The summed E-state index contributed by atoms with van der Waals surface area (Å²) in [5.41, 5.74) is 0. The van der Waals surface area contributed by atoms with Crippen molar-refractivity contribution < 1.29 is 8.42 Å². The highest BCUT2D eigenvalue weighted by Crippen LogP contribution is 2.08. The molecule has 1 aromatic rings. The van der Waals surface area contributed by atoms with E-state index in [9.17, 15) is 8.42 Å². The predicted octanol–water partition coefficient (Wildman–Crippen LogP) is -0.128. The van der Waals surface area contributed by atoms with Crippen LogP contribution in [0.2, 0.25) is 0 Å². The van der Waals surface area contributed by atoms with Crippen molar-refractivity contribution in [1.29, 1.82) is 0 Å². The van der Waals surface area contributed by atoms with Crippen LogP contribution < -0.4 is 4.31 Å². The summed E-state index contributed by atoms with van der Waals surface area (Å²) in [6.07, 6.45) is 2.60. The van der Waals surface area contributed by atoms with Crippen molar-refractivity contribution in [2.24, 2.45) is 0 Å². The molecule has 0 saturated heterocycles. The molecule has 12 heavy (non-hydrogen) atoms. The molecule has 0 radical (unpaired) electrons. The van der Waals surface area contributed by atoms with Gasteiger partial charge in [-0.15, -0.1) is 5.10 Å². The van der Waals surface area contributed by atoms with E-state index >= 15 is 0 Å². The van der Waals surface area contributed by atoms with Gasteiger partial charge in [-0.2, -0.15) is 5.10 Å². The van der Waals surface area contributed by atoms with Gasteiger partial charge in [-0.05, 0) is 12.1 Å². The standard InChI is InChI=1S/C6H9N3O2S/c1-9(12(2,10)11)6-4-3-5-7-8-6/h3-5H,1-2H3. The Morgan fingerprint density at radius 3 is 2.58 bits per heavy atom. The quantitative estimate of drug-likeness (QED) is 0.647. The van der Waals surface area contributed by atoms with E-state index in [1.54, 1.807) is 12.1 Å². The second kappa shape index (κ2) is 3.06. The molecule has 1 aromatic heterocycles. The minimum Gasteiger partial charge on any atom is -0.256 e. The normalized spacial score (nSPS) is 11.2. The van der Waals surface area contributed by atoms with E-state index in [0.29, 0.717) is 5.82 Å². The SMILES string of the molecule is CN(c1cccnn1)S(C)(=O)=O. The Morgan fingerprint density at radius 1 is 1.50 bits per heavy atom. The molecular formula is C6H9N3O2S. The topological polar surface area (TPSA) is 63.2 Å². The summed E-state index contributed by atoms with van der Waals surface area (Å²) < 4.78 is 23.0. The third kappa shape index (κ3) is 1.91. The summed E-state index contributed by atoms with van der Waals surface area (Å²) in [4.78, 5) is 0. The summed E-state index contributed by atoms with van der Waals surface area (Å²) in [6, 6.07) is 3.21. The lowest BCUT2D eigenvalue weighted by Crippen LogP contribution is -2.25. The van der Waals surface area contributed by atoms with Gasteiger partial charge in [-0.3, -0.25) is 4.31 Å². The van der Waals surface area contributed by atoms with Crippen LogP contribution in [0.3, 0.4) is 0 Å². The van der Waals surface area contributed by atoms with Crippen LogP contribution in [0.15, 0.2) is 18.3 Å². The Labute approximate surface area is 71.1 Å². The smallest absolute Gasteiger partial charge is 0.233 e. The fourth-order valence-electron chi connectivity index (χ4n) is 0.631. The molecular weight excluding hydrogens is 178 g/mol. The molecule has 0 spiro atoms. The molecule has 0 aromatic carbocycles. The summed E-state index contributed by atoms with van der Waals surface area (Å²) in [6.45, 7) is 0. The molecule has 0 saturated carbocycles. The maximum atomic E-state index is 11.0. The molecule has 0 atom stereocenters. The van der Waals surface area contributed by atoms with E-state index in [4.69, 9.17) is 0 Å². The number of anilines is 1. The van der Waals surface area contributed by atoms with Crippen LogP contribution >= 0.6 is 0 Å². The summed E-state index contributed by atoms with van der Waals surface area (Å²) in [7, 11) is -1.80. The number of nitrogens with zero attached hydrogens (tertiary/aromatic N) is 3. The first-order valence-electron chi connectivity index (χ1n) is 3.23. The molecule has 1 heterocycles. The van der Waals surface area contributed by atoms with Crippen molar-refractivity contribution in [2.75, 3.05) is 17.6 Å². The Balaban J connectivity index is 3.02. The van der Waals surface area contributed by atoms with Crippen LogP contribution in [-0.2, 0) is 10.0 Å². The van der Waals surface area contributed by atoms with Crippen molar-refractivity contribution in [3.8, 4) is 0 Å². The fourth-order valence-corrected chi connectivity index (χ4v) is 1.07. The van der Waals surface area contributed by atoms with Crippen LogP contribution in [0.1, 0.15) is 0 Å². The molecule has 0 unspecified atom stereocenters. The van der Waals surface area contributed by atoms with Gasteiger partial charge in [0, 0.05) is 13.2 Å². The molecule has 0 N–H and O–H groups in total. The molecule has 1 rings (SSSR count). The van der Waals surface area contributed by atoms with E-state index in [0.717, 1.165) is 10.6 Å². The Kier molecular flexibility index (Phi) is 2.27. The van der Waals surface area contributed by atoms with E-state index < -0.39 is 10.0 Å². The zero-order valence-corrected chi connectivity index (χ0v) is 7.61. The zero-order valence-electron chi connectivity index (χ0n) is 6.80. The predicted molar refractivity (Wildman–Crippen MR) is 45.3 cm³/mol. The fraction of sp³-hybridized carbons (Fsp3) is 0.333. The summed E-state index contributed by atoms with van der Waals surface area (Å²) >= 11 is 0. The first kappa shape index (κ1) is 8.92.